The molecule has 148 valence electrons. The van der Waals surface area contributed by atoms with Crippen LogP contribution in [-0.4, -0.2) is 63.3 Å². The molecule has 1 heterocycles. The fourth-order valence-corrected chi connectivity index (χ4v) is 4.75. The number of sulfonamides is 1. The first-order chi connectivity index (χ1) is 11.9. The van der Waals surface area contributed by atoms with Crippen molar-refractivity contribution >= 4 is 28.3 Å². The van der Waals surface area contributed by atoms with Gasteiger partial charge in [0.2, 0.25) is 10.0 Å². The van der Waals surface area contributed by atoms with Gasteiger partial charge in [-0.2, -0.15) is 4.31 Å². The standard InChI is InChI=1S/C18H29N3O3S.ClH/c1-4-21(5-2)25(23,24)17-8-6-16(7-9-17)18(22)20-12-10-15(11-13-20)14-19-3;/h6-9,15,19H,4-5,10-14H2,1-3H3;1H. The van der Waals surface area contributed by atoms with Crippen LogP contribution in [-0.2, 0) is 10.0 Å². The molecule has 0 unspecified atom stereocenters. The van der Waals surface area contributed by atoms with Gasteiger partial charge in [0.15, 0.2) is 0 Å². The summed E-state index contributed by atoms with van der Waals surface area (Å²) >= 11 is 0. The number of nitrogens with zero attached hydrogens (tertiary/aromatic N) is 2. The second-order valence-electron chi connectivity index (χ2n) is 6.41. The Morgan fingerprint density at radius 1 is 1.15 bits per heavy atom. The van der Waals surface area contributed by atoms with Crippen LogP contribution >= 0.6 is 12.4 Å². The van der Waals surface area contributed by atoms with Gasteiger partial charge in [-0.05, 0) is 56.6 Å². The summed E-state index contributed by atoms with van der Waals surface area (Å²) in [7, 11) is -1.53. The Labute approximate surface area is 163 Å². The maximum absolute atomic E-state index is 12.6. The maximum Gasteiger partial charge on any atom is 0.253 e. The Balaban J connectivity index is 0.00000338. The maximum atomic E-state index is 12.6. The van der Waals surface area contributed by atoms with E-state index in [4.69, 9.17) is 0 Å². The molecular formula is C18H30ClN3O3S. The van der Waals surface area contributed by atoms with E-state index in [9.17, 15) is 13.2 Å². The van der Waals surface area contributed by atoms with Crippen molar-refractivity contribution in [3.8, 4) is 0 Å². The van der Waals surface area contributed by atoms with Crippen LogP contribution in [0.4, 0.5) is 0 Å². The Morgan fingerprint density at radius 3 is 2.15 bits per heavy atom. The van der Waals surface area contributed by atoms with E-state index in [2.05, 4.69) is 5.32 Å². The summed E-state index contributed by atoms with van der Waals surface area (Å²) in [4.78, 5) is 14.7. The number of piperidine rings is 1. The molecule has 1 amide bonds. The second-order valence-corrected chi connectivity index (χ2v) is 8.34. The summed E-state index contributed by atoms with van der Waals surface area (Å²) in [6.45, 7) is 6.99. The largest absolute Gasteiger partial charge is 0.339 e. The lowest BCUT2D eigenvalue weighted by Gasteiger charge is -2.32. The molecule has 0 aromatic heterocycles. The first-order valence-corrected chi connectivity index (χ1v) is 10.4. The van der Waals surface area contributed by atoms with Crippen molar-refractivity contribution in [2.45, 2.75) is 31.6 Å². The Morgan fingerprint density at radius 2 is 1.69 bits per heavy atom. The number of carbonyl (C=O) groups is 1. The number of carbonyl (C=O) groups excluding carboxylic acids is 1. The van der Waals surface area contributed by atoms with Gasteiger partial charge in [-0.1, -0.05) is 13.8 Å². The highest BCUT2D eigenvalue weighted by molar-refractivity contribution is 7.89. The molecule has 1 aliphatic heterocycles. The third kappa shape index (κ3) is 5.19. The smallest absolute Gasteiger partial charge is 0.253 e. The number of rotatable bonds is 7. The molecule has 1 fully saturated rings. The van der Waals surface area contributed by atoms with E-state index < -0.39 is 10.0 Å². The van der Waals surface area contributed by atoms with Gasteiger partial charge < -0.3 is 10.2 Å². The lowest BCUT2D eigenvalue weighted by atomic mass is 9.96. The minimum Gasteiger partial charge on any atom is -0.339 e. The van der Waals surface area contributed by atoms with Crippen molar-refractivity contribution in [1.29, 1.82) is 0 Å². The van der Waals surface area contributed by atoms with Crippen molar-refractivity contribution < 1.29 is 13.2 Å². The molecule has 26 heavy (non-hydrogen) atoms. The summed E-state index contributed by atoms with van der Waals surface area (Å²) < 4.78 is 26.4. The lowest BCUT2D eigenvalue weighted by molar-refractivity contribution is 0.0691. The predicted octanol–water partition coefficient (Wildman–Crippen LogP) is 2.21. The van der Waals surface area contributed by atoms with Crippen molar-refractivity contribution in [3.05, 3.63) is 29.8 Å². The number of nitrogens with one attached hydrogen (secondary N) is 1. The second kappa shape index (κ2) is 10.3. The van der Waals surface area contributed by atoms with Crippen LogP contribution in [0.3, 0.4) is 0 Å². The zero-order valence-electron chi connectivity index (χ0n) is 15.8. The molecule has 1 aliphatic rings. The highest BCUT2D eigenvalue weighted by Gasteiger charge is 2.25. The quantitative estimate of drug-likeness (QED) is 0.757. The van der Waals surface area contributed by atoms with Crippen molar-refractivity contribution in [2.24, 2.45) is 5.92 Å². The van der Waals surface area contributed by atoms with E-state index >= 15 is 0 Å². The molecule has 0 saturated carbocycles. The zero-order chi connectivity index (χ0) is 18.4. The summed E-state index contributed by atoms with van der Waals surface area (Å²) in [5, 5.41) is 3.19. The fourth-order valence-electron chi connectivity index (χ4n) is 3.29. The van der Waals surface area contributed by atoms with Crippen LogP contribution in [0.25, 0.3) is 0 Å². The number of hydrogen-bond acceptors (Lipinski definition) is 4. The number of benzene rings is 1. The monoisotopic (exact) mass is 403 g/mol. The van der Waals surface area contributed by atoms with Crippen LogP contribution in [0, 0.1) is 5.92 Å². The number of hydrogen-bond donors (Lipinski definition) is 1. The molecule has 6 nitrogen and oxygen atoms in total. The van der Waals surface area contributed by atoms with Crippen molar-refractivity contribution in [2.75, 3.05) is 39.8 Å². The minimum atomic E-state index is -3.48. The van der Waals surface area contributed by atoms with Crippen molar-refractivity contribution in [3.63, 3.8) is 0 Å². The summed E-state index contributed by atoms with van der Waals surface area (Å²) in [5.74, 6) is 0.602. The molecule has 1 N–H and O–H groups in total. The molecule has 1 aromatic rings. The molecule has 0 bridgehead atoms. The van der Waals surface area contributed by atoms with Gasteiger partial charge in [-0.15, -0.1) is 12.4 Å². The molecule has 8 heteroatoms. The van der Waals surface area contributed by atoms with Gasteiger partial charge in [0, 0.05) is 31.7 Å². The first kappa shape index (κ1) is 22.9. The highest BCUT2D eigenvalue weighted by Crippen LogP contribution is 2.20. The van der Waals surface area contributed by atoms with Gasteiger partial charge >= 0.3 is 0 Å². The average molecular weight is 404 g/mol. The number of halogens is 1. The normalized spacial score (nSPS) is 15.8. The van der Waals surface area contributed by atoms with E-state index in [0.717, 1.165) is 32.5 Å². The van der Waals surface area contributed by atoms with Crippen LogP contribution in [0.5, 0.6) is 0 Å². The van der Waals surface area contributed by atoms with Crippen LogP contribution in [0.1, 0.15) is 37.0 Å². The summed E-state index contributed by atoms with van der Waals surface area (Å²) in [5.41, 5.74) is 0.547. The first-order valence-electron chi connectivity index (χ1n) is 8.98. The van der Waals surface area contributed by atoms with Gasteiger partial charge in [0.1, 0.15) is 0 Å². The van der Waals surface area contributed by atoms with E-state index in [1.807, 2.05) is 25.8 Å². The molecule has 0 radical (unpaired) electrons. The Hall–Kier alpha value is -1.15. The lowest BCUT2D eigenvalue weighted by Crippen LogP contribution is -2.40. The topological polar surface area (TPSA) is 69.7 Å². The van der Waals surface area contributed by atoms with Gasteiger partial charge in [-0.3, -0.25) is 4.79 Å². The molecule has 0 spiro atoms. The fraction of sp³-hybridized carbons (Fsp3) is 0.611. The van der Waals surface area contributed by atoms with Crippen LogP contribution in [0.15, 0.2) is 29.2 Å². The third-order valence-electron chi connectivity index (χ3n) is 4.84. The van der Waals surface area contributed by atoms with Gasteiger partial charge in [0.25, 0.3) is 5.91 Å². The van der Waals surface area contributed by atoms with Crippen LogP contribution < -0.4 is 5.32 Å². The van der Waals surface area contributed by atoms with E-state index in [1.54, 1.807) is 12.1 Å². The molecule has 0 atom stereocenters. The summed E-state index contributed by atoms with van der Waals surface area (Å²) in [6, 6.07) is 6.32. The predicted molar refractivity (Wildman–Crippen MR) is 106 cm³/mol. The third-order valence-corrected chi connectivity index (χ3v) is 6.90. The SMILES string of the molecule is CCN(CC)S(=O)(=O)c1ccc(C(=O)N2CCC(CNC)CC2)cc1.Cl. The summed E-state index contributed by atoms with van der Waals surface area (Å²) in [6.07, 6.45) is 2.00. The van der Waals surface area contributed by atoms with Crippen molar-refractivity contribution in [1.82, 2.24) is 14.5 Å². The molecule has 0 aliphatic carbocycles. The minimum absolute atomic E-state index is 0. The van der Waals surface area contributed by atoms with Gasteiger partial charge in [-0.25, -0.2) is 8.42 Å². The highest BCUT2D eigenvalue weighted by atomic mass is 35.5. The van der Waals surface area contributed by atoms with E-state index in [0.29, 0.717) is 24.6 Å². The zero-order valence-corrected chi connectivity index (χ0v) is 17.4. The Bertz CT molecular complexity index is 667. The Kier molecular flexibility index (Phi) is 9.03. The van der Waals surface area contributed by atoms with Gasteiger partial charge in [0.05, 0.1) is 4.90 Å². The average Bonchev–Trinajstić information content (AvgIpc) is 2.63. The molecule has 2 rings (SSSR count). The number of amides is 1. The van der Waals surface area contributed by atoms with E-state index in [1.165, 1.54) is 16.4 Å². The van der Waals surface area contributed by atoms with Crippen LogP contribution in [0.2, 0.25) is 0 Å². The molecule has 1 aromatic carbocycles. The number of likely N-dealkylation sites (tertiary alicyclic amines) is 1. The van der Waals surface area contributed by atoms with E-state index in [-0.39, 0.29) is 23.2 Å². The molecular weight excluding hydrogens is 374 g/mol. The molecule has 1 saturated heterocycles.